The Morgan fingerprint density at radius 2 is 1.77 bits per heavy atom. The average Bonchev–Trinajstić information content (AvgIpc) is 2.43. The summed E-state index contributed by atoms with van der Waals surface area (Å²) in [6.45, 7) is 8.96. The second-order valence-electron chi connectivity index (χ2n) is 7.09. The molecule has 1 N–H and O–H groups in total. The van der Waals surface area contributed by atoms with Crippen molar-refractivity contribution in [2.24, 2.45) is 5.92 Å². The molecule has 0 aromatic heterocycles. The van der Waals surface area contributed by atoms with E-state index in [1.807, 2.05) is 14.1 Å². The lowest BCUT2D eigenvalue weighted by Gasteiger charge is -2.33. The summed E-state index contributed by atoms with van der Waals surface area (Å²) in [6.07, 6.45) is 0.423. The number of carbonyl (C=O) groups is 1. The molecule has 0 saturated heterocycles. The quantitative estimate of drug-likeness (QED) is 0.837. The molecule has 1 aromatic rings. The molecule has 3 nitrogen and oxygen atoms in total. The second kappa shape index (κ2) is 7.73. The van der Waals surface area contributed by atoms with Crippen LogP contribution in [0.5, 0.6) is 0 Å². The Morgan fingerprint density at radius 3 is 2.23 bits per heavy atom. The largest absolute Gasteiger partial charge is 0.354 e. The molecule has 0 aliphatic carbocycles. The molecular weight excluding hydrogens is 279 g/mol. The van der Waals surface area contributed by atoms with E-state index >= 15 is 0 Å². The molecule has 0 bridgehead atoms. The van der Waals surface area contributed by atoms with E-state index in [-0.39, 0.29) is 23.2 Å². The predicted molar refractivity (Wildman–Crippen MR) is 89.4 cm³/mol. The van der Waals surface area contributed by atoms with Crippen molar-refractivity contribution < 1.29 is 9.18 Å². The number of benzene rings is 1. The summed E-state index contributed by atoms with van der Waals surface area (Å²) in [5.41, 5.74) is 0.928. The van der Waals surface area contributed by atoms with Crippen LogP contribution in [0.15, 0.2) is 24.3 Å². The number of likely N-dealkylation sites (N-methyl/N-ethyl adjacent to an activating group) is 1. The van der Waals surface area contributed by atoms with Crippen LogP contribution in [0.2, 0.25) is 0 Å². The van der Waals surface area contributed by atoms with Crippen LogP contribution in [-0.2, 0) is 4.79 Å². The Bertz CT molecular complexity index is 480. The van der Waals surface area contributed by atoms with Gasteiger partial charge in [0, 0.05) is 18.5 Å². The highest BCUT2D eigenvalue weighted by Crippen LogP contribution is 2.28. The molecule has 0 aliphatic heterocycles. The van der Waals surface area contributed by atoms with Crippen molar-refractivity contribution in [2.75, 3.05) is 20.6 Å². The van der Waals surface area contributed by atoms with Gasteiger partial charge in [0.2, 0.25) is 5.91 Å². The average molecular weight is 308 g/mol. The molecule has 0 spiro atoms. The summed E-state index contributed by atoms with van der Waals surface area (Å²) < 4.78 is 13.1. The lowest BCUT2D eigenvalue weighted by Crippen LogP contribution is -2.48. The van der Waals surface area contributed by atoms with Crippen LogP contribution >= 0.6 is 0 Å². The zero-order valence-corrected chi connectivity index (χ0v) is 14.6. The van der Waals surface area contributed by atoms with Gasteiger partial charge in [-0.1, -0.05) is 26.0 Å². The van der Waals surface area contributed by atoms with Gasteiger partial charge in [-0.15, -0.1) is 0 Å². The van der Waals surface area contributed by atoms with E-state index in [9.17, 15) is 9.18 Å². The van der Waals surface area contributed by atoms with Gasteiger partial charge in [-0.05, 0) is 57.5 Å². The molecular formula is C18H29FN2O. The third kappa shape index (κ3) is 5.41. The van der Waals surface area contributed by atoms with Crippen LogP contribution < -0.4 is 5.32 Å². The van der Waals surface area contributed by atoms with Gasteiger partial charge in [0.05, 0.1) is 0 Å². The van der Waals surface area contributed by atoms with Gasteiger partial charge < -0.3 is 10.2 Å². The molecule has 0 fully saturated rings. The number of amides is 1. The minimum Gasteiger partial charge on any atom is -0.354 e. The molecule has 4 heteroatoms. The lowest BCUT2D eigenvalue weighted by molar-refractivity contribution is -0.122. The molecule has 1 rings (SSSR count). The summed E-state index contributed by atoms with van der Waals surface area (Å²) in [6, 6.07) is 6.46. The van der Waals surface area contributed by atoms with Crippen LogP contribution in [0.3, 0.4) is 0 Å². The van der Waals surface area contributed by atoms with Crippen LogP contribution in [0.25, 0.3) is 0 Å². The van der Waals surface area contributed by atoms with Crippen molar-refractivity contribution in [1.82, 2.24) is 10.2 Å². The Labute approximate surface area is 133 Å². The molecule has 22 heavy (non-hydrogen) atoms. The Morgan fingerprint density at radius 1 is 1.23 bits per heavy atom. The van der Waals surface area contributed by atoms with Gasteiger partial charge in [0.25, 0.3) is 0 Å². The first-order valence-electron chi connectivity index (χ1n) is 7.83. The summed E-state index contributed by atoms with van der Waals surface area (Å²) in [4.78, 5) is 14.4. The second-order valence-corrected chi connectivity index (χ2v) is 7.09. The van der Waals surface area contributed by atoms with Gasteiger partial charge in [0.1, 0.15) is 5.82 Å². The molecule has 0 heterocycles. The highest BCUT2D eigenvalue weighted by molar-refractivity contribution is 5.77. The number of hydrogen-bond acceptors (Lipinski definition) is 2. The van der Waals surface area contributed by atoms with Gasteiger partial charge in [-0.2, -0.15) is 0 Å². The van der Waals surface area contributed by atoms with Crippen molar-refractivity contribution >= 4 is 5.91 Å². The van der Waals surface area contributed by atoms with Crippen LogP contribution in [0.4, 0.5) is 4.39 Å². The highest BCUT2D eigenvalue weighted by Gasteiger charge is 2.23. The fourth-order valence-corrected chi connectivity index (χ4v) is 2.19. The smallest absolute Gasteiger partial charge is 0.220 e. The van der Waals surface area contributed by atoms with Gasteiger partial charge >= 0.3 is 0 Å². The number of halogens is 1. The fourth-order valence-electron chi connectivity index (χ4n) is 2.19. The van der Waals surface area contributed by atoms with Crippen LogP contribution in [0, 0.1) is 11.7 Å². The standard InChI is InChI=1S/C18H29FN2O/c1-13(2)16(14-7-9-15(19)10-8-14)11-17(22)20-12-18(3,4)21(5)6/h7-10,13,16H,11-12H2,1-6H3,(H,20,22). The predicted octanol–water partition coefficient (Wildman–Crippen LogP) is 3.41. The third-order valence-corrected chi connectivity index (χ3v) is 4.44. The topological polar surface area (TPSA) is 32.3 Å². The maximum atomic E-state index is 13.1. The van der Waals surface area contributed by atoms with Crippen molar-refractivity contribution in [3.63, 3.8) is 0 Å². The van der Waals surface area contributed by atoms with Crippen molar-refractivity contribution in [2.45, 2.75) is 45.6 Å². The molecule has 0 radical (unpaired) electrons. The third-order valence-electron chi connectivity index (χ3n) is 4.44. The molecule has 1 amide bonds. The lowest BCUT2D eigenvalue weighted by atomic mass is 9.85. The first-order valence-corrected chi connectivity index (χ1v) is 7.83. The zero-order chi connectivity index (χ0) is 16.9. The van der Waals surface area contributed by atoms with E-state index in [4.69, 9.17) is 0 Å². The van der Waals surface area contributed by atoms with E-state index in [2.05, 4.69) is 37.9 Å². The number of carbonyl (C=O) groups excluding carboxylic acids is 1. The minimum atomic E-state index is -0.247. The van der Waals surface area contributed by atoms with E-state index in [1.165, 1.54) is 12.1 Å². The number of hydrogen-bond donors (Lipinski definition) is 1. The summed E-state index contributed by atoms with van der Waals surface area (Å²) in [5, 5.41) is 3.02. The Kier molecular flexibility index (Phi) is 6.54. The number of rotatable bonds is 7. The van der Waals surface area contributed by atoms with E-state index in [0.717, 1.165) is 5.56 Å². The highest BCUT2D eigenvalue weighted by atomic mass is 19.1. The minimum absolute atomic E-state index is 0.0398. The van der Waals surface area contributed by atoms with Crippen LogP contribution in [-0.4, -0.2) is 37.0 Å². The maximum absolute atomic E-state index is 13.1. The van der Waals surface area contributed by atoms with Crippen LogP contribution in [0.1, 0.15) is 45.6 Å². The van der Waals surface area contributed by atoms with Crippen molar-refractivity contribution in [3.05, 3.63) is 35.6 Å². The molecule has 0 aliphatic rings. The van der Waals surface area contributed by atoms with Gasteiger partial charge in [-0.3, -0.25) is 4.79 Å². The maximum Gasteiger partial charge on any atom is 0.220 e. The Balaban J connectivity index is 2.68. The van der Waals surface area contributed by atoms with E-state index < -0.39 is 0 Å². The SMILES string of the molecule is CC(C)C(CC(=O)NCC(C)(C)N(C)C)c1ccc(F)cc1. The zero-order valence-electron chi connectivity index (χ0n) is 14.6. The van der Waals surface area contributed by atoms with Gasteiger partial charge in [0.15, 0.2) is 0 Å². The fraction of sp³-hybridized carbons (Fsp3) is 0.611. The number of nitrogens with one attached hydrogen (secondary N) is 1. The number of nitrogens with zero attached hydrogens (tertiary/aromatic N) is 1. The van der Waals surface area contributed by atoms with Gasteiger partial charge in [-0.25, -0.2) is 4.39 Å². The van der Waals surface area contributed by atoms with E-state index in [0.29, 0.717) is 18.9 Å². The Hall–Kier alpha value is -1.42. The summed E-state index contributed by atoms with van der Waals surface area (Å²) in [5.74, 6) is 0.211. The molecule has 124 valence electrons. The molecule has 1 unspecified atom stereocenters. The van der Waals surface area contributed by atoms with Crippen molar-refractivity contribution in [1.29, 1.82) is 0 Å². The first-order chi connectivity index (χ1) is 10.1. The molecule has 1 atom stereocenters. The molecule has 0 saturated carbocycles. The van der Waals surface area contributed by atoms with E-state index in [1.54, 1.807) is 12.1 Å². The van der Waals surface area contributed by atoms with Crippen molar-refractivity contribution in [3.8, 4) is 0 Å². The first kappa shape index (κ1) is 18.6. The normalized spacial score (nSPS) is 13.5. The monoisotopic (exact) mass is 308 g/mol. The molecule has 1 aromatic carbocycles. The summed E-state index contributed by atoms with van der Waals surface area (Å²) in [7, 11) is 4.00. The summed E-state index contributed by atoms with van der Waals surface area (Å²) >= 11 is 0.